The van der Waals surface area contributed by atoms with E-state index in [1.165, 1.54) is 40.2 Å². The van der Waals surface area contributed by atoms with Gasteiger partial charge in [-0.25, -0.2) is 4.79 Å². The number of aliphatic hydroxyl groups excluding tert-OH is 1. The van der Waals surface area contributed by atoms with Crippen LogP contribution in [0.1, 0.15) is 50.0 Å². The van der Waals surface area contributed by atoms with Crippen molar-refractivity contribution in [1.82, 2.24) is 31.6 Å². The van der Waals surface area contributed by atoms with Crippen LogP contribution in [0.3, 0.4) is 0 Å². The minimum absolute atomic E-state index is 0.0880. The minimum Gasteiger partial charge on any atom is -0.493 e. The molecule has 17 heteroatoms. The van der Waals surface area contributed by atoms with Crippen molar-refractivity contribution in [2.75, 3.05) is 20.0 Å². The third-order valence-electron chi connectivity index (χ3n) is 8.61. The summed E-state index contributed by atoms with van der Waals surface area (Å²) in [5.41, 5.74) is 1.40. The fraction of sp³-hybridized carbons (Fsp3) is 0.444. The van der Waals surface area contributed by atoms with Gasteiger partial charge in [0.25, 0.3) is 5.91 Å². The number of carbonyl (C=O) groups excluding carboxylic acids is 5. The Labute approximate surface area is 310 Å². The number of amides is 5. The van der Waals surface area contributed by atoms with Crippen LogP contribution in [0, 0.1) is 5.92 Å². The maximum Gasteiger partial charge on any atom is 0.327 e. The molecule has 6 atom stereocenters. The van der Waals surface area contributed by atoms with E-state index in [9.17, 15) is 39.0 Å². The zero-order valence-corrected chi connectivity index (χ0v) is 31.1. The van der Waals surface area contributed by atoms with Crippen molar-refractivity contribution in [1.29, 1.82) is 0 Å². The zero-order valence-electron chi connectivity index (χ0n) is 30.3. The second-order valence-electron chi connectivity index (χ2n) is 13.1. The number of carboxylic acids is 1. The molecule has 2 aromatic carbocycles. The summed E-state index contributed by atoms with van der Waals surface area (Å²) >= 11 is 1.06. The van der Waals surface area contributed by atoms with Crippen LogP contribution in [0.15, 0.2) is 47.5 Å². The second kappa shape index (κ2) is 18.0. The first-order valence-electron chi connectivity index (χ1n) is 17.0. The molecule has 5 amide bonds. The van der Waals surface area contributed by atoms with Crippen molar-refractivity contribution in [2.24, 2.45) is 5.92 Å². The number of aromatic amines is 1. The lowest BCUT2D eigenvalue weighted by Gasteiger charge is -2.27. The van der Waals surface area contributed by atoms with Gasteiger partial charge in [-0.15, -0.1) is 11.8 Å². The van der Waals surface area contributed by atoms with Gasteiger partial charge in [0.1, 0.15) is 30.2 Å². The van der Waals surface area contributed by atoms with E-state index in [2.05, 4.69) is 31.6 Å². The number of H-pyrrole nitrogens is 1. The van der Waals surface area contributed by atoms with E-state index in [-0.39, 0.29) is 35.8 Å². The van der Waals surface area contributed by atoms with E-state index in [0.717, 1.165) is 11.8 Å². The molecule has 1 aliphatic heterocycles. The fourth-order valence-electron chi connectivity index (χ4n) is 5.77. The highest BCUT2D eigenvalue weighted by Crippen LogP contribution is 2.32. The molecule has 0 aliphatic carbocycles. The van der Waals surface area contributed by atoms with Gasteiger partial charge < -0.3 is 51.3 Å². The van der Waals surface area contributed by atoms with Gasteiger partial charge in [-0.3, -0.25) is 24.0 Å². The van der Waals surface area contributed by atoms with E-state index in [1.807, 2.05) is 19.9 Å². The largest absolute Gasteiger partial charge is 0.493 e. The molecule has 8 N–H and O–H groups in total. The predicted molar refractivity (Wildman–Crippen MR) is 196 cm³/mol. The number of fused-ring (bicyclic) bond motifs is 3. The summed E-state index contributed by atoms with van der Waals surface area (Å²) in [6.07, 6.45) is -1.35. The highest BCUT2D eigenvalue weighted by atomic mass is 32.2. The Balaban J connectivity index is 1.82. The highest BCUT2D eigenvalue weighted by molar-refractivity contribution is 7.99. The molecule has 16 nitrogen and oxygen atoms in total. The molecular weight excluding hydrogens is 708 g/mol. The van der Waals surface area contributed by atoms with Gasteiger partial charge in [0.15, 0.2) is 11.5 Å². The molecule has 1 aliphatic rings. The number of carbonyl (C=O) groups is 6. The summed E-state index contributed by atoms with van der Waals surface area (Å²) in [4.78, 5) is 83.6. The van der Waals surface area contributed by atoms with Gasteiger partial charge in [-0.05, 0) is 56.0 Å². The average molecular weight is 755 g/mol. The number of nitrogens with one attached hydrogen (secondary N) is 6. The van der Waals surface area contributed by atoms with E-state index < -0.39 is 71.8 Å². The van der Waals surface area contributed by atoms with Gasteiger partial charge in [-0.1, -0.05) is 32.0 Å². The monoisotopic (exact) mass is 754 g/mol. The summed E-state index contributed by atoms with van der Waals surface area (Å²) in [6.45, 7) is 6.32. The van der Waals surface area contributed by atoms with Crippen LogP contribution in [0.25, 0.3) is 10.9 Å². The number of hydrogen-bond donors (Lipinski definition) is 8. The number of benzene rings is 2. The molecule has 0 saturated heterocycles. The van der Waals surface area contributed by atoms with Crippen molar-refractivity contribution < 1.29 is 48.5 Å². The lowest BCUT2D eigenvalue weighted by atomic mass is 10.00. The molecule has 53 heavy (non-hydrogen) atoms. The van der Waals surface area contributed by atoms with Crippen molar-refractivity contribution in [3.8, 4) is 11.5 Å². The summed E-state index contributed by atoms with van der Waals surface area (Å²) in [7, 11) is 2.88. The smallest absolute Gasteiger partial charge is 0.327 e. The SMILES string of the molecule is COc1ccc(C(=O)N[C@H]2Cc3c([nH]c4ccccc34)SC[C@@H](C(=O)O)NC(=O)[C@H]([C@@H](C)O)NC(=O)[C@@H](C)NC(=O)[C@H](CC(C)C)NC2=O)cc1OC. The lowest BCUT2D eigenvalue weighted by molar-refractivity contribution is -0.142. The first kappa shape index (κ1) is 40.5. The Morgan fingerprint density at radius 3 is 2.25 bits per heavy atom. The lowest BCUT2D eigenvalue weighted by Crippen LogP contribution is -2.60. The van der Waals surface area contributed by atoms with Gasteiger partial charge in [0, 0.05) is 28.6 Å². The van der Waals surface area contributed by atoms with E-state index in [1.54, 1.807) is 24.3 Å². The Hall–Kier alpha value is -5.29. The topological polar surface area (TPSA) is 237 Å². The molecule has 4 rings (SSSR count). The average Bonchev–Trinajstić information content (AvgIpc) is 3.46. The first-order valence-corrected chi connectivity index (χ1v) is 18.0. The third-order valence-corrected chi connectivity index (χ3v) is 9.75. The summed E-state index contributed by atoms with van der Waals surface area (Å²) < 4.78 is 10.6. The van der Waals surface area contributed by atoms with E-state index >= 15 is 0 Å². The number of hydrogen-bond acceptors (Lipinski definition) is 10. The van der Waals surface area contributed by atoms with Gasteiger partial charge in [0.2, 0.25) is 23.6 Å². The molecule has 0 spiro atoms. The standard InChI is InChI=1S/C36H46N6O10S/c1-17(2)13-24-32(46)37-18(3)30(44)42-29(19(4)43)34(48)40-26(36(49)50)16-53-35-22(21-9-7-8-10-23(21)41-35)15-25(33(47)39-24)38-31(45)20-11-12-27(51-5)28(14-20)52-6/h7-12,14,17-19,24-26,29,41,43H,13,15-16H2,1-6H3,(H,37,46)(H,38,45)(H,39,47)(H,40,48)(H,42,44)(H,49,50)/t18-,19-,24+,25+,26+,29+/m1/s1. The van der Waals surface area contributed by atoms with Crippen LogP contribution >= 0.6 is 11.8 Å². The van der Waals surface area contributed by atoms with Crippen LogP contribution in [-0.4, -0.2) is 107 Å². The van der Waals surface area contributed by atoms with Crippen molar-refractivity contribution >= 4 is 58.2 Å². The van der Waals surface area contributed by atoms with Crippen molar-refractivity contribution in [3.05, 3.63) is 53.6 Å². The van der Waals surface area contributed by atoms with E-state index in [0.29, 0.717) is 27.2 Å². The Bertz CT molecular complexity index is 1850. The maximum atomic E-state index is 14.2. The highest BCUT2D eigenvalue weighted by Gasteiger charge is 2.34. The number of aliphatic hydroxyl groups is 1. The second-order valence-corrected chi connectivity index (χ2v) is 14.2. The Morgan fingerprint density at radius 1 is 0.906 bits per heavy atom. The number of methoxy groups -OCH3 is 2. The molecule has 0 radical (unpaired) electrons. The molecule has 3 aromatic rings. The summed E-state index contributed by atoms with van der Waals surface area (Å²) in [6, 6.07) is 5.06. The van der Waals surface area contributed by atoms with Crippen molar-refractivity contribution in [3.63, 3.8) is 0 Å². The van der Waals surface area contributed by atoms with Crippen molar-refractivity contribution in [2.45, 2.75) is 81.9 Å². The number of rotatable bonds is 8. The molecular formula is C36H46N6O10S. The number of para-hydroxylation sites is 1. The zero-order chi connectivity index (χ0) is 39.0. The number of thioether (sulfide) groups is 1. The molecule has 0 saturated carbocycles. The molecule has 0 unspecified atom stereocenters. The number of carboxylic acid groups (broad SMARTS) is 1. The van der Waals surface area contributed by atoms with Gasteiger partial charge >= 0.3 is 5.97 Å². The maximum absolute atomic E-state index is 14.2. The van der Waals surface area contributed by atoms with Crippen LogP contribution in [0.2, 0.25) is 0 Å². The molecule has 0 bridgehead atoms. The Kier molecular flexibility index (Phi) is 13.7. The van der Waals surface area contributed by atoms with E-state index in [4.69, 9.17) is 9.47 Å². The molecule has 0 fully saturated rings. The first-order chi connectivity index (χ1) is 25.1. The van der Waals surface area contributed by atoms with Gasteiger partial charge in [-0.2, -0.15) is 0 Å². The summed E-state index contributed by atoms with van der Waals surface area (Å²) in [5, 5.41) is 34.5. The molecule has 286 valence electrons. The fourth-order valence-corrected chi connectivity index (χ4v) is 6.88. The van der Waals surface area contributed by atoms with Crippen LogP contribution in [0.4, 0.5) is 0 Å². The van der Waals surface area contributed by atoms with Crippen LogP contribution in [-0.2, 0) is 30.4 Å². The molecule has 1 aromatic heterocycles. The van der Waals surface area contributed by atoms with Crippen LogP contribution in [0.5, 0.6) is 11.5 Å². The van der Waals surface area contributed by atoms with Gasteiger partial charge in [0.05, 0.1) is 25.3 Å². The summed E-state index contributed by atoms with van der Waals surface area (Å²) in [5.74, 6) is -4.77. The normalized spacial score (nSPS) is 22.6. The molecule has 2 heterocycles. The number of aliphatic carboxylic acids is 1. The number of aromatic nitrogens is 1. The third kappa shape index (κ3) is 10.2. The predicted octanol–water partition coefficient (Wildman–Crippen LogP) is 1.10. The Morgan fingerprint density at radius 2 is 1.60 bits per heavy atom. The minimum atomic E-state index is -1.54. The van der Waals surface area contributed by atoms with Crippen LogP contribution < -0.4 is 36.1 Å². The number of ether oxygens (including phenoxy) is 2. The quantitative estimate of drug-likeness (QED) is 0.162.